The molecule has 0 aromatic rings. The second-order valence-corrected chi connectivity index (χ2v) is 7.85. The van der Waals surface area contributed by atoms with Gasteiger partial charge in [0.05, 0.1) is 40.4 Å². The van der Waals surface area contributed by atoms with Gasteiger partial charge >= 0.3 is 0 Å². The van der Waals surface area contributed by atoms with Crippen molar-refractivity contribution in [3.05, 3.63) is 0 Å². The highest BCUT2D eigenvalue weighted by atomic mass is 16.6. The number of nitrogens with zero attached hydrogens (tertiary/aromatic N) is 1. The topological polar surface area (TPSA) is 195 Å². The third kappa shape index (κ3) is 5.78. The quantitative estimate of drug-likeness (QED) is 0.205. The van der Waals surface area contributed by atoms with Crippen LogP contribution in [0, 0.1) is 0 Å². The molecule has 0 amide bonds. The summed E-state index contributed by atoms with van der Waals surface area (Å²) in [5.41, 5.74) is 5.26. The van der Waals surface area contributed by atoms with Crippen LogP contribution >= 0.6 is 0 Å². The first kappa shape index (κ1) is 25.6. The molecule has 2 saturated heterocycles. The molecule has 28 heavy (non-hydrogen) atoms. The molecule has 2 fully saturated rings. The third-order valence-electron chi connectivity index (χ3n) is 4.96. The summed E-state index contributed by atoms with van der Waals surface area (Å²) in [4.78, 5) is 0. The maximum absolute atomic E-state index is 9.95. The van der Waals surface area contributed by atoms with E-state index in [9.17, 15) is 20.4 Å². The van der Waals surface area contributed by atoms with E-state index in [-0.39, 0.29) is 6.61 Å². The fourth-order valence-corrected chi connectivity index (χ4v) is 3.29. The molecule has 12 heteroatoms. The highest BCUT2D eigenvalue weighted by Gasteiger charge is 2.51. The Morgan fingerprint density at radius 1 is 0.821 bits per heavy atom. The molecule has 2 aliphatic heterocycles. The molecule has 0 aliphatic carbocycles. The minimum Gasteiger partial charge on any atom is -0.394 e. The highest BCUT2D eigenvalue weighted by molar-refractivity contribution is 4.91. The number of methoxy groups -OCH3 is 1. The first-order valence-electron chi connectivity index (χ1n) is 8.93. The third-order valence-corrected chi connectivity index (χ3v) is 4.96. The van der Waals surface area contributed by atoms with Crippen LogP contribution in [0.4, 0.5) is 0 Å². The molecule has 0 aromatic heterocycles. The zero-order valence-corrected chi connectivity index (χ0v) is 16.6. The summed E-state index contributed by atoms with van der Waals surface area (Å²) in [5.74, 6) is 0. The number of nitrogens with two attached hydrogens (primary N) is 1. The van der Waals surface area contributed by atoms with E-state index in [2.05, 4.69) is 0 Å². The maximum Gasteiger partial charge on any atom is 0.211 e. The molecule has 10 atom stereocenters. The van der Waals surface area contributed by atoms with E-state index < -0.39 is 67.9 Å². The van der Waals surface area contributed by atoms with Gasteiger partial charge in [0, 0.05) is 7.11 Å². The van der Waals surface area contributed by atoms with Gasteiger partial charge in [-0.3, -0.25) is 0 Å². The number of hydrogen-bond donors (Lipinski definition) is 8. The van der Waals surface area contributed by atoms with Gasteiger partial charge in [-0.1, -0.05) is 0 Å². The van der Waals surface area contributed by atoms with Gasteiger partial charge in [0.2, 0.25) is 6.29 Å². The van der Waals surface area contributed by atoms with Crippen LogP contribution < -0.4 is 5.73 Å². The lowest BCUT2D eigenvalue weighted by molar-refractivity contribution is -0.909. The number of ether oxygens (including phenoxy) is 3. The van der Waals surface area contributed by atoms with Crippen LogP contribution in [-0.4, -0.2) is 143 Å². The minimum atomic E-state index is -1.35. The van der Waals surface area contributed by atoms with Gasteiger partial charge in [0.15, 0.2) is 12.3 Å². The van der Waals surface area contributed by atoms with Gasteiger partial charge in [0.1, 0.15) is 36.6 Å². The average molecular weight is 415 g/mol. The number of likely N-dealkylation sites (N-methyl/N-ethyl adjacent to an activating group) is 1. The summed E-state index contributed by atoms with van der Waals surface area (Å²) in [7, 11) is 7.13. The van der Waals surface area contributed by atoms with E-state index in [4.69, 9.17) is 35.3 Å². The molecule has 168 valence electrons. The smallest absolute Gasteiger partial charge is 0.211 e. The predicted octanol–water partition coefficient (Wildman–Crippen LogP) is -5.11. The maximum atomic E-state index is 9.95. The molecule has 2 aliphatic rings. The fourth-order valence-electron chi connectivity index (χ4n) is 3.29. The Kier molecular flexibility index (Phi) is 9.60. The van der Waals surface area contributed by atoms with E-state index in [0.29, 0.717) is 4.48 Å². The monoisotopic (exact) mass is 415 g/mol. The summed E-state index contributed by atoms with van der Waals surface area (Å²) >= 11 is 0. The van der Waals surface area contributed by atoms with Crippen molar-refractivity contribution in [2.75, 3.05) is 41.5 Å². The Bertz CT molecular complexity index is 460. The molecule has 0 aromatic carbocycles. The first-order chi connectivity index (χ1) is 12.9. The molecule has 0 radical (unpaired) electrons. The Morgan fingerprint density at radius 3 is 1.71 bits per heavy atom. The molecule has 9 N–H and O–H groups in total. The van der Waals surface area contributed by atoms with Crippen LogP contribution in [0.25, 0.3) is 0 Å². The minimum absolute atomic E-state index is 0.345. The van der Waals surface area contributed by atoms with Crippen molar-refractivity contribution in [2.24, 2.45) is 5.73 Å². The van der Waals surface area contributed by atoms with Gasteiger partial charge in [-0.2, -0.15) is 0 Å². The zero-order chi connectivity index (χ0) is 21.8. The summed E-state index contributed by atoms with van der Waals surface area (Å²) in [5, 5.41) is 64.9. The van der Waals surface area contributed by atoms with E-state index in [1.165, 1.54) is 7.11 Å². The van der Waals surface area contributed by atoms with E-state index >= 15 is 0 Å². The number of hydrogen-bond acceptors (Lipinski definition) is 11. The van der Waals surface area contributed by atoms with Crippen LogP contribution in [0.5, 0.6) is 0 Å². The van der Waals surface area contributed by atoms with Crippen molar-refractivity contribution in [3.8, 4) is 0 Å². The van der Waals surface area contributed by atoms with Crippen LogP contribution in [0.15, 0.2) is 0 Å². The summed E-state index contributed by atoms with van der Waals surface area (Å²) in [6.07, 6.45) is -8.23. The standard InChI is InChI=1S/C10H22NO5.C6H13NO5/c1-11(2,3)7-9(15-4)8(13)6(5-12)16-10(7)14;7-3-5(10)4(9)2(1-8)12-6(3)11/h6-10,12-14H,5H2,1-4H3;2-6,8-11H,1,7H2/q+1;. The van der Waals surface area contributed by atoms with Crippen molar-refractivity contribution >= 4 is 0 Å². The van der Waals surface area contributed by atoms with Crippen LogP contribution in [0.2, 0.25) is 0 Å². The number of aliphatic hydroxyl groups is 7. The van der Waals surface area contributed by atoms with Crippen LogP contribution in [0.3, 0.4) is 0 Å². The van der Waals surface area contributed by atoms with Gasteiger partial charge < -0.3 is 60.2 Å². The molecule has 10 unspecified atom stereocenters. The van der Waals surface area contributed by atoms with E-state index in [1.54, 1.807) is 0 Å². The van der Waals surface area contributed by atoms with E-state index in [1.807, 2.05) is 21.1 Å². The van der Waals surface area contributed by atoms with Crippen LogP contribution in [-0.2, 0) is 14.2 Å². The lowest BCUT2D eigenvalue weighted by Crippen LogP contribution is -2.68. The molecule has 0 spiro atoms. The van der Waals surface area contributed by atoms with Crippen molar-refractivity contribution in [2.45, 2.75) is 61.3 Å². The predicted molar refractivity (Wildman–Crippen MR) is 94.5 cm³/mol. The Labute approximate surface area is 163 Å². The van der Waals surface area contributed by atoms with Gasteiger partial charge in [-0.25, -0.2) is 0 Å². The number of aliphatic hydroxyl groups excluding tert-OH is 7. The lowest BCUT2D eigenvalue weighted by atomic mass is 9.95. The Morgan fingerprint density at radius 2 is 1.29 bits per heavy atom. The van der Waals surface area contributed by atoms with Crippen molar-refractivity contribution in [1.82, 2.24) is 0 Å². The van der Waals surface area contributed by atoms with Crippen molar-refractivity contribution in [1.29, 1.82) is 0 Å². The second-order valence-electron chi connectivity index (χ2n) is 7.85. The largest absolute Gasteiger partial charge is 0.394 e. The molecular formula is C16H35N2O10+. The van der Waals surface area contributed by atoms with Gasteiger partial charge in [0.25, 0.3) is 0 Å². The fraction of sp³-hybridized carbons (Fsp3) is 1.00. The highest BCUT2D eigenvalue weighted by Crippen LogP contribution is 2.27. The Hall–Kier alpha value is -0.480. The summed E-state index contributed by atoms with van der Waals surface area (Å²) in [6.45, 7) is -0.816. The summed E-state index contributed by atoms with van der Waals surface area (Å²) in [6, 6.07) is -1.44. The molecule has 2 rings (SSSR count). The van der Waals surface area contributed by atoms with E-state index in [0.717, 1.165) is 0 Å². The SMILES string of the molecule is COC1C(O)C(CO)OC(O)C1[N+](C)(C)C.NC1C(O)OC(CO)C(O)C1O. The van der Waals surface area contributed by atoms with Crippen molar-refractivity contribution in [3.63, 3.8) is 0 Å². The second kappa shape index (κ2) is 10.5. The van der Waals surface area contributed by atoms with Crippen LogP contribution in [0.1, 0.15) is 0 Å². The zero-order valence-electron chi connectivity index (χ0n) is 16.6. The van der Waals surface area contributed by atoms with Crippen molar-refractivity contribution < 1.29 is 54.4 Å². The normalized spacial score (nSPS) is 44.6. The number of rotatable bonds is 4. The Balaban J connectivity index is 0.000000292. The molecule has 12 nitrogen and oxygen atoms in total. The molecule has 0 bridgehead atoms. The number of quaternary nitrogens is 1. The molecular weight excluding hydrogens is 380 g/mol. The molecule has 0 saturated carbocycles. The average Bonchev–Trinajstić information content (AvgIpc) is 2.63. The van der Waals surface area contributed by atoms with Gasteiger partial charge in [-0.05, 0) is 0 Å². The van der Waals surface area contributed by atoms with Gasteiger partial charge in [-0.15, -0.1) is 0 Å². The first-order valence-corrected chi connectivity index (χ1v) is 8.93. The molecule has 2 heterocycles. The lowest BCUT2D eigenvalue weighted by Gasteiger charge is -2.47. The summed E-state index contributed by atoms with van der Waals surface area (Å²) < 4.78 is 15.5.